The summed E-state index contributed by atoms with van der Waals surface area (Å²) in [6.45, 7) is 2.26. The van der Waals surface area contributed by atoms with Crippen LogP contribution in [0.5, 0.6) is 0 Å². The molecule has 0 saturated carbocycles. The summed E-state index contributed by atoms with van der Waals surface area (Å²) in [5, 5.41) is 7.69. The predicted molar refractivity (Wildman–Crippen MR) is 73.3 cm³/mol. The van der Waals surface area contributed by atoms with Crippen LogP contribution in [-0.4, -0.2) is 33.6 Å². The first-order valence-electron chi connectivity index (χ1n) is 6.01. The summed E-state index contributed by atoms with van der Waals surface area (Å²) in [7, 11) is -3.81. The minimum atomic E-state index is -3.81. The van der Waals surface area contributed by atoms with E-state index in [0.29, 0.717) is 12.3 Å². The SMILES string of the molecule is CC1(C(=O)Nc2cccc(S(N)(=O)=O)c2)COCC1N. The van der Waals surface area contributed by atoms with Crippen LogP contribution >= 0.6 is 0 Å². The number of anilines is 1. The molecule has 0 aliphatic carbocycles. The molecule has 1 amide bonds. The van der Waals surface area contributed by atoms with Crippen LogP contribution in [0.15, 0.2) is 29.2 Å². The van der Waals surface area contributed by atoms with Crippen molar-refractivity contribution in [2.24, 2.45) is 16.3 Å². The Kier molecular flexibility index (Phi) is 3.83. The summed E-state index contributed by atoms with van der Waals surface area (Å²) in [5.41, 5.74) is 5.38. The van der Waals surface area contributed by atoms with Crippen LogP contribution in [0.2, 0.25) is 0 Å². The Labute approximate surface area is 117 Å². The molecule has 1 heterocycles. The van der Waals surface area contributed by atoms with Crippen molar-refractivity contribution in [2.45, 2.75) is 17.9 Å². The normalized spacial score (nSPS) is 26.4. The molecule has 1 aromatic rings. The minimum absolute atomic E-state index is 0.0626. The fourth-order valence-corrected chi connectivity index (χ4v) is 2.51. The van der Waals surface area contributed by atoms with Crippen LogP contribution in [0.3, 0.4) is 0 Å². The van der Waals surface area contributed by atoms with E-state index in [2.05, 4.69) is 5.32 Å². The van der Waals surface area contributed by atoms with Crippen molar-refractivity contribution >= 4 is 21.6 Å². The molecule has 2 atom stereocenters. The van der Waals surface area contributed by atoms with Gasteiger partial charge < -0.3 is 15.8 Å². The van der Waals surface area contributed by atoms with Gasteiger partial charge in [0.25, 0.3) is 0 Å². The van der Waals surface area contributed by atoms with Crippen molar-refractivity contribution in [2.75, 3.05) is 18.5 Å². The smallest absolute Gasteiger partial charge is 0.238 e. The van der Waals surface area contributed by atoms with Gasteiger partial charge in [-0.1, -0.05) is 6.07 Å². The third kappa shape index (κ3) is 2.83. The number of sulfonamides is 1. The molecule has 0 bridgehead atoms. The average molecular weight is 299 g/mol. The van der Waals surface area contributed by atoms with Gasteiger partial charge in [0, 0.05) is 11.7 Å². The van der Waals surface area contributed by atoms with Gasteiger partial charge in [-0.05, 0) is 25.1 Å². The highest BCUT2D eigenvalue weighted by Gasteiger charge is 2.44. The van der Waals surface area contributed by atoms with Crippen LogP contribution in [0, 0.1) is 5.41 Å². The maximum absolute atomic E-state index is 12.3. The van der Waals surface area contributed by atoms with Gasteiger partial charge in [0.1, 0.15) is 0 Å². The van der Waals surface area contributed by atoms with E-state index in [-0.39, 0.29) is 17.4 Å². The van der Waals surface area contributed by atoms with Crippen LogP contribution in [-0.2, 0) is 19.6 Å². The number of carbonyl (C=O) groups excluding carboxylic acids is 1. The van der Waals surface area contributed by atoms with Crippen molar-refractivity contribution < 1.29 is 17.9 Å². The standard InChI is InChI=1S/C12H17N3O4S/c1-12(7-19-6-10(12)13)11(16)15-8-3-2-4-9(5-8)20(14,17)18/h2-5,10H,6-7,13H2,1H3,(H,15,16)(H2,14,17,18). The number of hydrogen-bond donors (Lipinski definition) is 3. The van der Waals surface area contributed by atoms with Crippen molar-refractivity contribution in [3.8, 4) is 0 Å². The Bertz CT molecular complexity index is 631. The summed E-state index contributed by atoms with van der Waals surface area (Å²) in [6.07, 6.45) is 0. The van der Waals surface area contributed by atoms with Gasteiger partial charge in [0.05, 0.1) is 23.5 Å². The summed E-state index contributed by atoms with van der Waals surface area (Å²) in [6, 6.07) is 5.35. The van der Waals surface area contributed by atoms with Crippen molar-refractivity contribution in [1.82, 2.24) is 0 Å². The first-order valence-corrected chi connectivity index (χ1v) is 7.56. The molecular weight excluding hydrogens is 282 g/mol. The maximum Gasteiger partial charge on any atom is 0.238 e. The number of nitrogens with one attached hydrogen (secondary N) is 1. The van der Waals surface area contributed by atoms with Gasteiger partial charge in [0.15, 0.2) is 0 Å². The van der Waals surface area contributed by atoms with E-state index >= 15 is 0 Å². The van der Waals surface area contributed by atoms with Crippen molar-refractivity contribution in [3.63, 3.8) is 0 Å². The second-order valence-electron chi connectivity index (χ2n) is 5.07. The van der Waals surface area contributed by atoms with Crippen LogP contribution in [0.25, 0.3) is 0 Å². The average Bonchev–Trinajstić information content (AvgIpc) is 2.70. The summed E-state index contributed by atoms with van der Waals surface area (Å²) < 4.78 is 27.7. The third-order valence-corrected chi connectivity index (χ3v) is 4.37. The Morgan fingerprint density at radius 3 is 2.75 bits per heavy atom. The van der Waals surface area contributed by atoms with E-state index in [0.717, 1.165) is 0 Å². The molecule has 20 heavy (non-hydrogen) atoms. The van der Waals surface area contributed by atoms with Crippen LogP contribution in [0.1, 0.15) is 6.92 Å². The topological polar surface area (TPSA) is 125 Å². The van der Waals surface area contributed by atoms with Gasteiger partial charge >= 0.3 is 0 Å². The molecule has 1 aromatic carbocycles. The van der Waals surface area contributed by atoms with Gasteiger partial charge in [-0.3, -0.25) is 4.79 Å². The lowest BCUT2D eigenvalue weighted by molar-refractivity contribution is -0.125. The maximum atomic E-state index is 12.3. The molecule has 5 N–H and O–H groups in total. The highest BCUT2D eigenvalue weighted by Crippen LogP contribution is 2.29. The van der Waals surface area contributed by atoms with Gasteiger partial charge in [0.2, 0.25) is 15.9 Å². The zero-order valence-corrected chi connectivity index (χ0v) is 11.8. The van der Waals surface area contributed by atoms with E-state index < -0.39 is 21.5 Å². The van der Waals surface area contributed by atoms with Crippen LogP contribution < -0.4 is 16.2 Å². The molecular formula is C12H17N3O4S. The predicted octanol–water partition coefficient (Wildman–Crippen LogP) is -0.364. The monoisotopic (exact) mass is 299 g/mol. The van der Waals surface area contributed by atoms with E-state index in [4.69, 9.17) is 15.6 Å². The van der Waals surface area contributed by atoms with Crippen molar-refractivity contribution in [3.05, 3.63) is 24.3 Å². The molecule has 8 heteroatoms. The molecule has 7 nitrogen and oxygen atoms in total. The lowest BCUT2D eigenvalue weighted by atomic mass is 9.85. The number of ether oxygens (including phenoxy) is 1. The highest BCUT2D eigenvalue weighted by molar-refractivity contribution is 7.89. The van der Waals surface area contributed by atoms with Gasteiger partial charge in [-0.25, -0.2) is 13.6 Å². The van der Waals surface area contributed by atoms with E-state index in [1.54, 1.807) is 13.0 Å². The van der Waals surface area contributed by atoms with Gasteiger partial charge in [-0.2, -0.15) is 0 Å². The molecule has 2 rings (SSSR count). The Morgan fingerprint density at radius 1 is 1.50 bits per heavy atom. The zero-order chi connectivity index (χ0) is 15.0. The number of primary sulfonamides is 1. The second-order valence-corrected chi connectivity index (χ2v) is 6.63. The number of nitrogens with two attached hydrogens (primary N) is 2. The number of amides is 1. The molecule has 0 radical (unpaired) electrons. The lowest BCUT2D eigenvalue weighted by Crippen LogP contribution is -2.47. The Hall–Kier alpha value is -1.48. The fourth-order valence-electron chi connectivity index (χ4n) is 1.95. The summed E-state index contributed by atoms with van der Waals surface area (Å²) in [4.78, 5) is 12.2. The highest BCUT2D eigenvalue weighted by atomic mass is 32.2. The molecule has 1 aliphatic heterocycles. The molecule has 0 spiro atoms. The Morgan fingerprint density at radius 2 is 2.20 bits per heavy atom. The second kappa shape index (κ2) is 5.13. The Balaban J connectivity index is 2.21. The molecule has 0 aromatic heterocycles. The first kappa shape index (κ1) is 14.9. The summed E-state index contributed by atoms with van der Waals surface area (Å²) in [5.74, 6) is -0.311. The molecule has 1 fully saturated rings. The lowest BCUT2D eigenvalue weighted by Gasteiger charge is -2.25. The number of carbonyl (C=O) groups is 1. The number of hydrogen-bond acceptors (Lipinski definition) is 5. The molecule has 2 unspecified atom stereocenters. The molecule has 110 valence electrons. The minimum Gasteiger partial charge on any atom is -0.379 e. The zero-order valence-electron chi connectivity index (χ0n) is 11.0. The first-order chi connectivity index (χ1) is 9.23. The quantitative estimate of drug-likeness (QED) is 0.702. The van der Waals surface area contributed by atoms with E-state index in [9.17, 15) is 13.2 Å². The molecule has 1 saturated heterocycles. The fraction of sp³-hybridized carbons (Fsp3) is 0.417. The van der Waals surface area contributed by atoms with Gasteiger partial charge in [-0.15, -0.1) is 0 Å². The number of rotatable bonds is 3. The molecule has 1 aliphatic rings. The van der Waals surface area contributed by atoms with Crippen molar-refractivity contribution in [1.29, 1.82) is 0 Å². The van der Waals surface area contributed by atoms with E-state index in [1.165, 1.54) is 18.2 Å². The number of benzene rings is 1. The third-order valence-electron chi connectivity index (χ3n) is 3.46. The largest absolute Gasteiger partial charge is 0.379 e. The summed E-state index contributed by atoms with van der Waals surface area (Å²) >= 11 is 0. The van der Waals surface area contributed by atoms with Crippen LogP contribution in [0.4, 0.5) is 5.69 Å². The van der Waals surface area contributed by atoms with E-state index in [1.807, 2.05) is 0 Å².